The number of urea groups is 1. The molecular weight excluding hydrogens is 282 g/mol. The Morgan fingerprint density at radius 3 is 2.64 bits per heavy atom. The summed E-state index contributed by atoms with van der Waals surface area (Å²) in [5.41, 5.74) is 0.821. The fourth-order valence-corrected chi connectivity index (χ4v) is 2.43. The highest BCUT2D eigenvalue weighted by Gasteiger charge is 2.31. The highest BCUT2D eigenvalue weighted by molar-refractivity contribution is 5.96. The van der Waals surface area contributed by atoms with Crippen molar-refractivity contribution >= 4 is 17.6 Å². The average Bonchev–Trinajstić information content (AvgIpc) is 2.79. The number of benzene rings is 1. The van der Waals surface area contributed by atoms with Crippen LogP contribution >= 0.6 is 0 Å². The molecule has 0 bridgehead atoms. The number of carbonyl (C=O) groups is 2. The number of nitrogens with one attached hydrogen (secondary N) is 2. The lowest BCUT2D eigenvalue weighted by molar-refractivity contribution is -0.117. The molecule has 2 rings (SSSR count). The lowest BCUT2D eigenvalue weighted by Gasteiger charge is -2.18. The number of hydrogen-bond donors (Lipinski definition) is 2. The Kier molecular flexibility index (Phi) is 5.25. The monoisotopic (exact) mass is 305 g/mol. The largest absolute Gasteiger partial charge is 0.494 e. The number of rotatable bonds is 5. The second kappa shape index (κ2) is 7.15. The molecule has 1 aromatic carbocycles. The fourth-order valence-electron chi connectivity index (χ4n) is 2.43. The van der Waals surface area contributed by atoms with Gasteiger partial charge in [0.25, 0.3) is 0 Å². The summed E-state index contributed by atoms with van der Waals surface area (Å²) >= 11 is 0. The van der Waals surface area contributed by atoms with Crippen LogP contribution in [0.5, 0.6) is 5.75 Å². The molecule has 0 aliphatic carbocycles. The highest BCUT2D eigenvalue weighted by Crippen LogP contribution is 2.24. The first-order chi connectivity index (χ1) is 10.5. The molecule has 0 saturated carbocycles. The van der Waals surface area contributed by atoms with Gasteiger partial charge in [0.05, 0.1) is 12.6 Å². The SMILES string of the molecule is CCOc1ccc(N2C[C@H](NC(=O)NC(C)C)CC2=O)cc1. The molecule has 1 fully saturated rings. The van der Waals surface area contributed by atoms with Crippen LogP contribution in [0, 0.1) is 0 Å². The molecule has 1 aromatic rings. The molecule has 0 radical (unpaired) electrons. The smallest absolute Gasteiger partial charge is 0.315 e. The Balaban J connectivity index is 1.95. The summed E-state index contributed by atoms with van der Waals surface area (Å²) in [7, 11) is 0. The van der Waals surface area contributed by atoms with Crippen LogP contribution in [-0.4, -0.2) is 37.2 Å². The second-order valence-electron chi connectivity index (χ2n) is 5.60. The number of carbonyl (C=O) groups excluding carboxylic acids is 2. The van der Waals surface area contributed by atoms with E-state index in [9.17, 15) is 9.59 Å². The zero-order valence-corrected chi connectivity index (χ0v) is 13.3. The predicted octanol–water partition coefficient (Wildman–Crippen LogP) is 1.90. The minimum Gasteiger partial charge on any atom is -0.494 e. The maximum absolute atomic E-state index is 12.1. The van der Waals surface area contributed by atoms with Gasteiger partial charge in [0.1, 0.15) is 5.75 Å². The van der Waals surface area contributed by atoms with Crippen LogP contribution in [0.1, 0.15) is 27.2 Å². The van der Waals surface area contributed by atoms with Crippen LogP contribution in [0.15, 0.2) is 24.3 Å². The summed E-state index contributed by atoms with van der Waals surface area (Å²) in [6.45, 7) is 6.81. The standard InChI is InChI=1S/C16H23N3O3/c1-4-22-14-7-5-13(6-8-14)19-10-12(9-15(19)20)18-16(21)17-11(2)3/h5-8,11-12H,4,9-10H2,1-3H3,(H2,17,18,21)/t12-/m1/s1. The van der Waals surface area contributed by atoms with Crippen molar-refractivity contribution in [2.45, 2.75) is 39.3 Å². The molecule has 1 heterocycles. The van der Waals surface area contributed by atoms with Crippen molar-refractivity contribution in [1.82, 2.24) is 10.6 Å². The minimum absolute atomic E-state index is 0.0130. The van der Waals surface area contributed by atoms with Gasteiger partial charge in [-0.15, -0.1) is 0 Å². The van der Waals surface area contributed by atoms with Crippen LogP contribution in [0.4, 0.5) is 10.5 Å². The van der Waals surface area contributed by atoms with Gasteiger partial charge < -0.3 is 20.3 Å². The molecule has 6 heteroatoms. The number of nitrogens with zero attached hydrogens (tertiary/aromatic N) is 1. The number of anilines is 1. The Labute approximate surface area is 130 Å². The van der Waals surface area contributed by atoms with E-state index in [1.165, 1.54) is 0 Å². The van der Waals surface area contributed by atoms with Crippen molar-refractivity contribution in [3.05, 3.63) is 24.3 Å². The molecule has 0 aromatic heterocycles. The molecule has 1 aliphatic rings. The van der Waals surface area contributed by atoms with Gasteiger partial charge in [-0.25, -0.2) is 4.79 Å². The van der Waals surface area contributed by atoms with E-state index < -0.39 is 0 Å². The molecule has 120 valence electrons. The molecule has 6 nitrogen and oxygen atoms in total. The Hall–Kier alpha value is -2.24. The molecule has 1 atom stereocenters. The summed E-state index contributed by atoms with van der Waals surface area (Å²) in [6.07, 6.45) is 0.318. The third kappa shape index (κ3) is 4.13. The molecule has 1 aliphatic heterocycles. The van der Waals surface area contributed by atoms with Crippen molar-refractivity contribution in [1.29, 1.82) is 0 Å². The first kappa shape index (κ1) is 16.1. The van der Waals surface area contributed by atoms with E-state index in [0.29, 0.717) is 19.6 Å². The van der Waals surface area contributed by atoms with E-state index in [2.05, 4.69) is 10.6 Å². The number of ether oxygens (including phenoxy) is 1. The van der Waals surface area contributed by atoms with Crippen molar-refractivity contribution in [2.75, 3.05) is 18.1 Å². The predicted molar refractivity (Wildman–Crippen MR) is 85.2 cm³/mol. The van der Waals surface area contributed by atoms with E-state index in [4.69, 9.17) is 4.74 Å². The summed E-state index contributed by atoms with van der Waals surface area (Å²) in [5.74, 6) is 0.794. The number of amides is 3. The molecule has 0 unspecified atom stereocenters. The van der Waals surface area contributed by atoms with E-state index in [-0.39, 0.29) is 24.0 Å². The topological polar surface area (TPSA) is 70.7 Å². The number of hydrogen-bond acceptors (Lipinski definition) is 3. The molecule has 0 spiro atoms. The quantitative estimate of drug-likeness (QED) is 0.873. The summed E-state index contributed by atoms with van der Waals surface area (Å²) in [6, 6.07) is 7.08. The van der Waals surface area contributed by atoms with Crippen LogP contribution < -0.4 is 20.3 Å². The highest BCUT2D eigenvalue weighted by atomic mass is 16.5. The van der Waals surface area contributed by atoms with Crippen LogP contribution in [-0.2, 0) is 4.79 Å². The van der Waals surface area contributed by atoms with E-state index in [0.717, 1.165) is 11.4 Å². The van der Waals surface area contributed by atoms with Crippen molar-refractivity contribution in [2.24, 2.45) is 0 Å². The van der Waals surface area contributed by atoms with Crippen LogP contribution in [0.2, 0.25) is 0 Å². The van der Waals surface area contributed by atoms with Gasteiger partial charge in [-0.3, -0.25) is 4.79 Å². The molecular formula is C16H23N3O3. The lowest BCUT2D eigenvalue weighted by atomic mass is 10.2. The van der Waals surface area contributed by atoms with Gasteiger partial charge in [-0.2, -0.15) is 0 Å². The molecule has 3 amide bonds. The van der Waals surface area contributed by atoms with Gasteiger partial charge in [0.15, 0.2) is 0 Å². The molecule has 22 heavy (non-hydrogen) atoms. The lowest BCUT2D eigenvalue weighted by Crippen LogP contribution is -2.45. The van der Waals surface area contributed by atoms with E-state index in [1.807, 2.05) is 45.0 Å². The summed E-state index contributed by atoms with van der Waals surface area (Å²) < 4.78 is 5.39. The van der Waals surface area contributed by atoms with Gasteiger partial charge in [-0.05, 0) is 45.0 Å². The van der Waals surface area contributed by atoms with Crippen LogP contribution in [0.25, 0.3) is 0 Å². The van der Waals surface area contributed by atoms with Gasteiger partial charge in [0, 0.05) is 24.7 Å². The van der Waals surface area contributed by atoms with Gasteiger partial charge in [-0.1, -0.05) is 0 Å². The molecule has 1 saturated heterocycles. The summed E-state index contributed by atoms with van der Waals surface area (Å²) in [5, 5.41) is 5.60. The normalized spacial score (nSPS) is 17.7. The Morgan fingerprint density at radius 2 is 2.05 bits per heavy atom. The van der Waals surface area contributed by atoms with Gasteiger partial charge in [0.2, 0.25) is 5.91 Å². The third-order valence-electron chi connectivity index (χ3n) is 3.34. The maximum atomic E-state index is 12.1. The van der Waals surface area contributed by atoms with Crippen molar-refractivity contribution < 1.29 is 14.3 Å². The van der Waals surface area contributed by atoms with Crippen molar-refractivity contribution in [3.63, 3.8) is 0 Å². The second-order valence-corrected chi connectivity index (χ2v) is 5.60. The van der Waals surface area contributed by atoms with E-state index >= 15 is 0 Å². The first-order valence-electron chi connectivity index (χ1n) is 7.60. The van der Waals surface area contributed by atoms with Gasteiger partial charge >= 0.3 is 6.03 Å². The zero-order valence-electron chi connectivity index (χ0n) is 13.3. The zero-order chi connectivity index (χ0) is 16.1. The van der Waals surface area contributed by atoms with Crippen molar-refractivity contribution in [3.8, 4) is 5.75 Å². The Bertz CT molecular complexity index is 528. The molecule has 2 N–H and O–H groups in total. The average molecular weight is 305 g/mol. The van der Waals surface area contributed by atoms with E-state index in [1.54, 1.807) is 4.90 Å². The third-order valence-corrected chi connectivity index (χ3v) is 3.34. The first-order valence-corrected chi connectivity index (χ1v) is 7.60. The summed E-state index contributed by atoms with van der Waals surface area (Å²) in [4.78, 5) is 25.5. The Morgan fingerprint density at radius 1 is 1.36 bits per heavy atom. The van der Waals surface area contributed by atoms with Crippen LogP contribution in [0.3, 0.4) is 0 Å². The maximum Gasteiger partial charge on any atom is 0.315 e. The fraction of sp³-hybridized carbons (Fsp3) is 0.500. The minimum atomic E-state index is -0.235.